The van der Waals surface area contributed by atoms with Gasteiger partial charge in [0.05, 0.1) is 53.8 Å². The number of likely N-dealkylation sites (tertiary alicyclic amines) is 3. The second-order valence-corrected chi connectivity index (χ2v) is 35.5. The summed E-state index contributed by atoms with van der Waals surface area (Å²) in [6.45, 7) is 20.6. The minimum Gasteiger partial charge on any atom is -0.444 e. The lowest BCUT2D eigenvalue weighted by Crippen LogP contribution is -2.53. The number of nitrogens with zero attached hydrogens (tertiary/aromatic N) is 12. The van der Waals surface area contributed by atoms with Crippen LogP contribution in [0.2, 0.25) is 0 Å². The standard InChI is InChI=1S/3C30H33N5O5/c3*1-30(2,3)40-29(39)33-13-11-20(12-14-33)34-17-18(16-31-34)15-19-7-8-23-26-21(19)5-4-6-22(26)28(38)35(23)24-9-10-25(36)32-27(24)37/h3*4-8,16-17,20,24H,9-15H2,1-3H3,(H,32,36,37)/t2*24-;/m10./s1. The highest BCUT2D eigenvalue weighted by molar-refractivity contribution is 6.30. The summed E-state index contributed by atoms with van der Waals surface area (Å²) in [5, 5.41) is 26.5. The van der Waals surface area contributed by atoms with Crippen LogP contribution in [0.3, 0.4) is 0 Å². The predicted octanol–water partition coefficient (Wildman–Crippen LogP) is 11.9. The van der Waals surface area contributed by atoms with Gasteiger partial charge in [0.25, 0.3) is 17.7 Å². The average Bonchev–Trinajstić information content (AvgIpc) is 1.59. The minimum atomic E-state index is -0.702. The summed E-state index contributed by atoms with van der Waals surface area (Å²) < 4.78 is 22.5. The van der Waals surface area contributed by atoms with Crippen molar-refractivity contribution in [3.05, 3.63) is 178 Å². The number of carbonyl (C=O) groups is 12. The molecule has 3 aromatic heterocycles. The van der Waals surface area contributed by atoms with Gasteiger partial charge in [-0.2, -0.15) is 15.3 Å². The Kier molecular flexibility index (Phi) is 21.8. The molecule has 12 amide bonds. The molecule has 3 N–H and O–H groups in total. The SMILES string of the molecule is CC(C)(C)OC(=O)N1CCC(n2cc(Cc3ccc4c5c(cccc35)C(=O)N4C3CCC(=O)NC3=O)cn2)CC1.CC(C)(C)OC(=O)N1CCC(n2cc(Cc3ccc4c5c(cccc35)C(=O)N4[C@@H]3CCC(=O)NC3=O)cn2)CC1.CC(C)(C)OC(=O)N1CCC(n2cc(Cc3ccc4c5c(cccc35)C(=O)N4[C@H]3CCC(=O)NC3=O)cn2)CC1. The molecule has 0 bridgehead atoms. The molecule has 3 atom stereocenters. The van der Waals surface area contributed by atoms with Crippen molar-refractivity contribution < 1.29 is 71.7 Å². The molecule has 120 heavy (non-hydrogen) atoms. The Morgan fingerprint density at radius 2 is 0.617 bits per heavy atom. The van der Waals surface area contributed by atoms with E-state index in [2.05, 4.69) is 49.8 Å². The molecule has 12 heterocycles. The molecule has 0 aliphatic carbocycles. The van der Waals surface area contributed by atoms with Gasteiger partial charge in [0, 0.05) is 129 Å². The van der Waals surface area contributed by atoms with E-state index < -0.39 is 52.7 Å². The lowest BCUT2D eigenvalue weighted by molar-refractivity contribution is -0.135. The Balaban J connectivity index is 0.000000134. The fraction of sp³-hybridized carbons (Fsp3) is 0.433. The molecule has 0 spiro atoms. The van der Waals surface area contributed by atoms with Crippen molar-refractivity contribution in [3.63, 3.8) is 0 Å². The molecule has 9 aliphatic heterocycles. The van der Waals surface area contributed by atoms with Crippen molar-refractivity contribution in [2.75, 3.05) is 54.0 Å². The van der Waals surface area contributed by atoms with Crippen molar-refractivity contribution in [2.24, 2.45) is 0 Å². The zero-order valence-electron chi connectivity index (χ0n) is 68.9. The summed E-state index contributed by atoms with van der Waals surface area (Å²) in [7, 11) is 0. The first-order valence-electron chi connectivity index (χ1n) is 41.5. The van der Waals surface area contributed by atoms with Gasteiger partial charge in [-0.05, 0) is 206 Å². The highest BCUT2D eigenvalue weighted by Gasteiger charge is 2.45. The summed E-state index contributed by atoms with van der Waals surface area (Å²) in [4.78, 5) is 160. The van der Waals surface area contributed by atoms with Gasteiger partial charge in [-0.25, -0.2) is 14.4 Å². The molecular weight excluding hydrogens is 1530 g/mol. The van der Waals surface area contributed by atoms with Crippen LogP contribution in [-0.2, 0) is 62.2 Å². The number of carbonyl (C=O) groups excluding carboxylic acids is 12. The van der Waals surface area contributed by atoms with Gasteiger partial charge < -0.3 is 28.9 Å². The van der Waals surface area contributed by atoms with Crippen LogP contribution in [0.4, 0.5) is 31.4 Å². The normalized spacial score (nSPS) is 19.9. The first-order chi connectivity index (χ1) is 57.3. The smallest absolute Gasteiger partial charge is 0.410 e. The molecular formula is C90H99N15O15. The van der Waals surface area contributed by atoms with Crippen LogP contribution in [0.5, 0.6) is 0 Å². The molecule has 6 saturated heterocycles. The van der Waals surface area contributed by atoms with Gasteiger partial charge in [-0.1, -0.05) is 54.6 Å². The van der Waals surface area contributed by atoms with Crippen molar-refractivity contribution in [1.82, 2.24) is 60.0 Å². The van der Waals surface area contributed by atoms with Crippen molar-refractivity contribution in [3.8, 4) is 0 Å². The Bertz CT molecular complexity index is 5130. The van der Waals surface area contributed by atoms with Gasteiger partial charge in [0.15, 0.2) is 0 Å². The number of aromatic nitrogens is 6. The number of imide groups is 3. The lowest BCUT2D eigenvalue weighted by Gasteiger charge is -2.33. The molecule has 0 radical (unpaired) electrons. The van der Waals surface area contributed by atoms with E-state index in [-0.39, 0.29) is 91.1 Å². The Morgan fingerprint density at radius 1 is 0.358 bits per heavy atom. The van der Waals surface area contributed by atoms with Crippen LogP contribution in [0.25, 0.3) is 32.3 Å². The van der Waals surface area contributed by atoms with Crippen LogP contribution >= 0.6 is 0 Å². The third-order valence-electron chi connectivity index (χ3n) is 23.6. The maximum absolute atomic E-state index is 13.4. The van der Waals surface area contributed by atoms with Crippen LogP contribution in [0, 0.1) is 0 Å². The number of anilines is 3. The molecule has 30 heteroatoms. The summed E-state index contributed by atoms with van der Waals surface area (Å²) in [6.07, 6.45) is 19.3. The van der Waals surface area contributed by atoms with Gasteiger partial charge in [0.1, 0.15) is 34.9 Å². The van der Waals surface area contributed by atoms with Crippen molar-refractivity contribution >= 4 is 121 Å². The van der Waals surface area contributed by atoms with E-state index in [1.807, 2.05) is 168 Å². The predicted molar refractivity (Wildman–Crippen MR) is 444 cm³/mol. The number of ether oxygens (including phenoxy) is 3. The second kappa shape index (κ2) is 32.2. The third-order valence-corrected chi connectivity index (χ3v) is 23.6. The lowest BCUT2D eigenvalue weighted by atomic mass is 9.97. The molecule has 9 aliphatic rings. The first-order valence-corrected chi connectivity index (χ1v) is 41.5. The van der Waals surface area contributed by atoms with E-state index in [1.54, 1.807) is 47.6 Å². The number of hydrogen-bond donors (Lipinski definition) is 3. The van der Waals surface area contributed by atoms with Crippen LogP contribution < -0.4 is 30.7 Å². The average molecular weight is 1630 g/mol. The molecule has 1 unspecified atom stereocenters. The molecule has 624 valence electrons. The number of piperidine rings is 6. The van der Waals surface area contributed by atoms with E-state index in [9.17, 15) is 57.5 Å². The van der Waals surface area contributed by atoms with Crippen LogP contribution in [-0.4, -0.2) is 190 Å². The van der Waals surface area contributed by atoms with E-state index >= 15 is 0 Å². The van der Waals surface area contributed by atoms with E-state index in [1.165, 1.54) is 0 Å². The molecule has 6 fully saturated rings. The van der Waals surface area contributed by atoms with Gasteiger partial charge in [-0.3, -0.25) is 87.8 Å². The first kappa shape index (κ1) is 81.1. The Labute approximate surface area is 693 Å². The fourth-order valence-electron chi connectivity index (χ4n) is 18.0. The van der Waals surface area contributed by atoms with E-state index in [4.69, 9.17) is 14.2 Å². The molecule has 0 saturated carbocycles. The quantitative estimate of drug-likeness (QED) is 0.0755. The van der Waals surface area contributed by atoms with Crippen LogP contribution in [0.1, 0.15) is 222 Å². The summed E-state index contributed by atoms with van der Waals surface area (Å²) in [6, 6.07) is 27.3. The zero-order chi connectivity index (χ0) is 84.5. The Morgan fingerprint density at radius 3 is 0.858 bits per heavy atom. The topological polar surface area (TPSA) is 342 Å². The molecule has 30 nitrogen and oxygen atoms in total. The summed E-state index contributed by atoms with van der Waals surface area (Å²) >= 11 is 0. The molecule has 18 rings (SSSR count). The monoisotopic (exact) mass is 1630 g/mol. The van der Waals surface area contributed by atoms with Gasteiger partial charge in [-0.15, -0.1) is 0 Å². The number of nitrogens with one attached hydrogen (secondary N) is 3. The Hall–Kier alpha value is -12.6. The zero-order valence-corrected chi connectivity index (χ0v) is 68.9. The van der Waals surface area contributed by atoms with Crippen LogP contribution in [0.15, 0.2) is 128 Å². The van der Waals surface area contributed by atoms with Crippen molar-refractivity contribution in [2.45, 2.75) is 212 Å². The minimum absolute atomic E-state index is 0.208. The number of rotatable bonds is 12. The van der Waals surface area contributed by atoms with E-state index in [0.717, 1.165) is 104 Å². The maximum atomic E-state index is 13.4. The highest BCUT2D eigenvalue weighted by Crippen LogP contribution is 2.46. The maximum Gasteiger partial charge on any atom is 0.410 e. The van der Waals surface area contributed by atoms with Crippen molar-refractivity contribution in [1.29, 1.82) is 0 Å². The number of amides is 12. The number of benzene rings is 6. The van der Waals surface area contributed by atoms with Gasteiger partial charge in [0.2, 0.25) is 35.4 Å². The summed E-state index contributed by atoms with van der Waals surface area (Å²) in [5.41, 5.74) is 8.70. The third kappa shape index (κ3) is 16.5. The van der Waals surface area contributed by atoms with E-state index in [0.29, 0.717) is 112 Å². The second-order valence-electron chi connectivity index (χ2n) is 35.5. The van der Waals surface area contributed by atoms with Gasteiger partial charge >= 0.3 is 18.3 Å². The summed E-state index contributed by atoms with van der Waals surface area (Å²) in [5.74, 6) is -2.84. The molecule has 9 aromatic rings. The highest BCUT2D eigenvalue weighted by atomic mass is 16.6. The number of hydrogen-bond acceptors (Lipinski definition) is 18. The largest absolute Gasteiger partial charge is 0.444 e. The molecule has 6 aromatic carbocycles. The fourth-order valence-corrected chi connectivity index (χ4v) is 18.0.